The number of carbonyl (C=O) groups is 4. The van der Waals surface area contributed by atoms with E-state index in [9.17, 15) is 28.6 Å². The van der Waals surface area contributed by atoms with E-state index in [0.717, 1.165) is 30.0 Å². The van der Waals surface area contributed by atoms with E-state index in [4.69, 9.17) is 14.0 Å². The third-order valence-electron chi connectivity index (χ3n) is 7.90. The Labute approximate surface area is 282 Å². The van der Waals surface area contributed by atoms with E-state index in [1.807, 2.05) is 25.1 Å². The molecule has 1 atom stereocenters. The fraction of sp³-hybridized carbons (Fsp3) is 0.353. The molecule has 49 heavy (non-hydrogen) atoms. The molecule has 2 aromatic carbocycles. The van der Waals surface area contributed by atoms with E-state index >= 15 is 0 Å². The van der Waals surface area contributed by atoms with Crippen LogP contribution in [0.15, 0.2) is 55.0 Å². The van der Waals surface area contributed by atoms with Crippen molar-refractivity contribution in [1.82, 2.24) is 19.5 Å². The molecule has 2 amide bonds. The molecule has 2 aromatic heterocycles. The summed E-state index contributed by atoms with van der Waals surface area (Å²) in [4.78, 5) is 66.5. The first kappa shape index (κ1) is 35.2. The van der Waals surface area contributed by atoms with Crippen molar-refractivity contribution in [3.05, 3.63) is 82.8 Å². The molecular weight excluding hydrogens is 653 g/mol. The van der Waals surface area contributed by atoms with Gasteiger partial charge in [0.25, 0.3) is 5.91 Å². The summed E-state index contributed by atoms with van der Waals surface area (Å²) in [5.74, 6) is -0.173. The number of nitrogens with one attached hydrogen (secondary N) is 1. The number of benzene rings is 2. The van der Waals surface area contributed by atoms with Crippen LogP contribution in [0.25, 0.3) is 5.52 Å². The van der Waals surface area contributed by atoms with Gasteiger partial charge >= 0.3 is 19.7 Å². The molecule has 1 saturated carbocycles. The molecule has 1 aliphatic carbocycles. The lowest BCUT2D eigenvalue weighted by Gasteiger charge is -2.19. The predicted molar refractivity (Wildman–Crippen MR) is 179 cm³/mol. The van der Waals surface area contributed by atoms with Crippen LogP contribution in [0.1, 0.15) is 70.0 Å². The summed E-state index contributed by atoms with van der Waals surface area (Å²) in [5.41, 5.74) is 3.98. The Morgan fingerprint density at radius 3 is 2.49 bits per heavy atom. The molecular formula is C34H38N5O9P. The predicted octanol–water partition coefficient (Wildman–Crippen LogP) is 6.00. The molecule has 1 unspecified atom stereocenters. The van der Waals surface area contributed by atoms with Gasteiger partial charge in [-0.15, -0.1) is 0 Å². The minimum Gasteiger partial charge on any atom is -0.428 e. The Morgan fingerprint density at radius 2 is 1.82 bits per heavy atom. The van der Waals surface area contributed by atoms with E-state index < -0.39 is 32.4 Å². The van der Waals surface area contributed by atoms with Gasteiger partial charge in [0.1, 0.15) is 17.6 Å². The van der Waals surface area contributed by atoms with Crippen LogP contribution in [0.4, 0.5) is 16.3 Å². The van der Waals surface area contributed by atoms with Crippen molar-refractivity contribution in [2.24, 2.45) is 5.92 Å². The second-order valence-electron chi connectivity index (χ2n) is 12.0. The molecule has 15 heteroatoms. The molecule has 0 bridgehead atoms. The second-order valence-corrected chi connectivity index (χ2v) is 13.8. The van der Waals surface area contributed by atoms with E-state index in [1.54, 1.807) is 13.8 Å². The maximum atomic E-state index is 13.7. The summed E-state index contributed by atoms with van der Waals surface area (Å²) in [7, 11) is -3.72. The number of Topliss-reactive ketones (excluding diaryl/α,β-unsaturated/α-hetero) is 1. The van der Waals surface area contributed by atoms with Crippen LogP contribution in [0.2, 0.25) is 0 Å². The maximum Gasteiger partial charge on any atom is 0.419 e. The Balaban J connectivity index is 1.24. The summed E-state index contributed by atoms with van der Waals surface area (Å²) < 4.78 is 28.0. The summed E-state index contributed by atoms with van der Waals surface area (Å²) in [5, 5.41) is 7.57. The SMILES string of the molecule is CCCN(C(=O)OCOC(=O)Cc1ccc(OP(C)(=O)O)cc1)C(=O)c1cn2ncnc(Nc3cc(C(=O)CC4CC4)ccc3C)c2c1C. The summed E-state index contributed by atoms with van der Waals surface area (Å²) >= 11 is 0. The highest BCUT2D eigenvalue weighted by atomic mass is 31.2. The van der Waals surface area contributed by atoms with Crippen LogP contribution in [-0.2, 0) is 25.3 Å². The third-order valence-corrected chi connectivity index (χ3v) is 8.45. The Bertz CT molecular complexity index is 1930. The lowest BCUT2D eigenvalue weighted by atomic mass is 10.0. The quantitative estimate of drug-likeness (QED) is 0.0683. The van der Waals surface area contributed by atoms with Crippen LogP contribution in [-0.4, -0.2) is 68.1 Å². The number of rotatable bonds is 14. The van der Waals surface area contributed by atoms with Gasteiger partial charge in [-0.05, 0) is 73.9 Å². The zero-order valence-electron chi connectivity index (χ0n) is 27.7. The Morgan fingerprint density at radius 1 is 1.08 bits per heavy atom. The molecule has 1 aliphatic rings. The zero-order valence-corrected chi connectivity index (χ0v) is 28.6. The number of aromatic nitrogens is 3. The van der Waals surface area contributed by atoms with Gasteiger partial charge in [0.05, 0.1) is 12.0 Å². The molecule has 2 N–H and O–H groups in total. The molecule has 0 saturated heterocycles. The van der Waals surface area contributed by atoms with Gasteiger partial charge in [0.2, 0.25) is 6.79 Å². The van der Waals surface area contributed by atoms with Crippen LogP contribution in [0.3, 0.4) is 0 Å². The number of ether oxygens (including phenoxy) is 2. The topological polar surface area (TPSA) is 179 Å². The normalized spacial score (nSPS) is 13.7. The van der Waals surface area contributed by atoms with Gasteiger partial charge in [-0.3, -0.25) is 14.4 Å². The van der Waals surface area contributed by atoms with Crippen LogP contribution in [0.5, 0.6) is 5.75 Å². The molecule has 258 valence electrons. The number of nitrogens with zero attached hydrogens (tertiary/aromatic N) is 4. The number of imide groups is 1. The number of anilines is 2. The summed E-state index contributed by atoms with van der Waals surface area (Å²) in [6.07, 6.45) is 4.85. The molecule has 1 fully saturated rings. The van der Waals surface area contributed by atoms with Crippen molar-refractivity contribution < 1.29 is 42.6 Å². The van der Waals surface area contributed by atoms with Gasteiger partial charge in [0, 0.05) is 37.1 Å². The molecule has 0 spiro atoms. The minimum atomic E-state index is -3.72. The lowest BCUT2D eigenvalue weighted by Crippen LogP contribution is -2.38. The first-order valence-corrected chi connectivity index (χ1v) is 17.8. The first-order chi connectivity index (χ1) is 23.3. The van der Waals surface area contributed by atoms with Gasteiger partial charge in [-0.2, -0.15) is 5.10 Å². The fourth-order valence-electron chi connectivity index (χ4n) is 5.18. The monoisotopic (exact) mass is 691 g/mol. The molecule has 4 aromatic rings. The average molecular weight is 692 g/mol. The number of ketones is 1. The van der Waals surface area contributed by atoms with E-state index in [-0.39, 0.29) is 30.1 Å². The highest BCUT2D eigenvalue weighted by molar-refractivity contribution is 7.52. The van der Waals surface area contributed by atoms with Crippen molar-refractivity contribution in [1.29, 1.82) is 0 Å². The van der Waals surface area contributed by atoms with Crippen molar-refractivity contribution >= 4 is 48.4 Å². The van der Waals surface area contributed by atoms with Crippen LogP contribution in [0, 0.1) is 19.8 Å². The van der Waals surface area contributed by atoms with Gasteiger partial charge in [-0.25, -0.2) is 23.8 Å². The van der Waals surface area contributed by atoms with Gasteiger partial charge in [0.15, 0.2) is 11.6 Å². The number of hydrogen-bond acceptors (Lipinski definition) is 11. The molecule has 14 nitrogen and oxygen atoms in total. The van der Waals surface area contributed by atoms with E-state index in [1.165, 1.54) is 41.3 Å². The van der Waals surface area contributed by atoms with Crippen molar-refractivity contribution in [2.45, 2.75) is 52.9 Å². The first-order valence-electron chi connectivity index (χ1n) is 15.8. The second kappa shape index (κ2) is 15.0. The van der Waals surface area contributed by atoms with Gasteiger partial charge in [-0.1, -0.05) is 31.2 Å². The molecule has 0 radical (unpaired) electrons. The standard InChI is InChI=1S/C34H38N5O9P/c1-5-14-38(34(43)47-20-46-30(41)16-24-9-12-26(13-10-24)48-49(4,44)45)33(42)27-18-39-31(22(27)3)32(35-19-36-39)37-28-17-25(11-6-21(28)2)29(40)15-23-7-8-23/h6,9-13,17-19,23H,5,7-8,14-16,20H2,1-4H3,(H,44,45)(H,35,36,37). The number of amides is 2. The molecule has 0 aliphatic heterocycles. The highest BCUT2D eigenvalue weighted by Gasteiger charge is 2.29. The van der Waals surface area contributed by atoms with E-state index in [2.05, 4.69) is 15.4 Å². The van der Waals surface area contributed by atoms with Crippen molar-refractivity contribution in [3.8, 4) is 5.75 Å². The summed E-state index contributed by atoms with van der Waals surface area (Å²) in [6, 6.07) is 11.5. The fourth-order valence-corrected chi connectivity index (χ4v) is 5.69. The van der Waals surface area contributed by atoms with Gasteiger partial charge < -0.3 is 24.2 Å². The number of aryl methyl sites for hydroxylation is 2. The smallest absolute Gasteiger partial charge is 0.419 e. The number of hydrogen-bond donors (Lipinski definition) is 2. The zero-order chi connectivity index (χ0) is 35.3. The Kier molecular flexibility index (Phi) is 10.8. The highest BCUT2D eigenvalue weighted by Crippen LogP contribution is 2.38. The van der Waals surface area contributed by atoms with E-state index in [0.29, 0.717) is 52.5 Å². The van der Waals surface area contributed by atoms with Crippen LogP contribution >= 0.6 is 7.60 Å². The lowest BCUT2D eigenvalue weighted by molar-refractivity contribution is -0.151. The molecule has 5 rings (SSSR count). The molecule has 2 heterocycles. The largest absolute Gasteiger partial charge is 0.428 e. The third kappa shape index (κ3) is 9.09. The maximum absolute atomic E-state index is 13.7. The Hall–Kier alpha value is -5.07. The average Bonchev–Trinajstić information content (AvgIpc) is 3.80. The number of fused-ring (bicyclic) bond motifs is 1. The number of esters is 1. The van der Waals surface area contributed by atoms with Crippen molar-refractivity contribution in [3.63, 3.8) is 0 Å². The summed E-state index contributed by atoms with van der Waals surface area (Å²) in [6.45, 7) is 5.82. The van der Waals surface area contributed by atoms with Crippen LogP contribution < -0.4 is 9.84 Å². The minimum absolute atomic E-state index is 0.0435. The van der Waals surface area contributed by atoms with Crippen molar-refractivity contribution in [2.75, 3.05) is 25.3 Å². The number of carbonyl (C=O) groups excluding carboxylic acids is 4.